The predicted molar refractivity (Wildman–Crippen MR) is 89.8 cm³/mol. The van der Waals surface area contributed by atoms with Gasteiger partial charge in [-0.25, -0.2) is 8.42 Å². The van der Waals surface area contributed by atoms with Crippen molar-refractivity contribution < 1.29 is 8.42 Å². The van der Waals surface area contributed by atoms with Gasteiger partial charge in [0.05, 0.1) is 4.90 Å². The van der Waals surface area contributed by atoms with Gasteiger partial charge in [0.1, 0.15) is 0 Å². The summed E-state index contributed by atoms with van der Waals surface area (Å²) in [4.78, 5) is 1.53. The first-order valence-electron chi connectivity index (χ1n) is 7.72. The molecule has 1 aliphatic carbocycles. The first-order chi connectivity index (χ1) is 10.1. The molecule has 1 N–H and O–H groups in total. The van der Waals surface area contributed by atoms with Crippen molar-refractivity contribution in [2.45, 2.75) is 54.4 Å². The van der Waals surface area contributed by atoms with Crippen molar-refractivity contribution in [3.05, 3.63) is 24.3 Å². The van der Waals surface area contributed by atoms with Crippen LogP contribution in [0, 0.1) is 0 Å². The Morgan fingerprint density at radius 2 is 1.81 bits per heavy atom. The van der Waals surface area contributed by atoms with Crippen LogP contribution in [0.25, 0.3) is 0 Å². The lowest BCUT2D eigenvalue weighted by Crippen LogP contribution is -2.31. The van der Waals surface area contributed by atoms with Gasteiger partial charge in [0.15, 0.2) is 9.84 Å². The van der Waals surface area contributed by atoms with Crippen LogP contribution in [0.5, 0.6) is 0 Å². The lowest BCUT2D eigenvalue weighted by atomic mass is 9.95. The summed E-state index contributed by atoms with van der Waals surface area (Å²) in [5.41, 5.74) is 0. The number of rotatable bonds is 7. The van der Waals surface area contributed by atoms with Crippen LogP contribution in [0.3, 0.4) is 0 Å². The Kier molecular flexibility index (Phi) is 6.58. The van der Waals surface area contributed by atoms with Gasteiger partial charge in [0, 0.05) is 17.2 Å². The molecule has 0 aromatic heterocycles. The maximum absolute atomic E-state index is 11.4. The van der Waals surface area contributed by atoms with E-state index in [2.05, 4.69) is 5.32 Å². The van der Waals surface area contributed by atoms with Crippen LogP contribution in [-0.2, 0) is 9.84 Å². The average Bonchev–Trinajstić information content (AvgIpc) is 2.47. The lowest BCUT2D eigenvalue weighted by Gasteiger charge is -2.22. The fourth-order valence-corrected chi connectivity index (χ4v) is 4.14. The van der Waals surface area contributed by atoms with E-state index in [0.717, 1.165) is 29.7 Å². The van der Waals surface area contributed by atoms with Crippen molar-refractivity contribution >= 4 is 21.6 Å². The Bertz CT molecular complexity index is 520. The van der Waals surface area contributed by atoms with E-state index in [0.29, 0.717) is 4.90 Å². The van der Waals surface area contributed by atoms with Crippen molar-refractivity contribution in [3.8, 4) is 0 Å². The van der Waals surface area contributed by atoms with Crippen LogP contribution >= 0.6 is 11.8 Å². The second-order valence-corrected chi connectivity index (χ2v) is 8.92. The van der Waals surface area contributed by atoms with Gasteiger partial charge < -0.3 is 5.32 Å². The van der Waals surface area contributed by atoms with E-state index in [1.54, 1.807) is 23.9 Å². The van der Waals surface area contributed by atoms with Crippen molar-refractivity contribution in [3.63, 3.8) is 0 Å². The molecule has 0 amide bonds. The SMILES string of the molecule is CS(=O)(=O)c1ccc(SCCCNC2CCCCC2)cc1. The zero-order valence-corrected chi connectivity index (χ0v) is 14.3. The molecule has 2 rings (SSSR count). The molecule has 1 aromatic rings. The predicted octanol–water partition coefficient (Wildman–Crippen LogP) is 3.49. The standard InChI is InChI=1S/C16H25NO2S2/c1-21(18,19)16-10-8-15(9-11-16)20-13-5-12-17-14-6-3-2-4-7-14/h8-11,14,17H,2-7,12-13H2,1H3. The van der Waals surface area contributed by atoms with Crippen LogP contribution in [0.2, 0.25) is 0 Å². The third-order valence-corrected chi connectivity index (χ3v) is 6.11. The minimum absolute atomic E-state index is 0.394. The molecule has 0 spiro atoms. The molecular weight excluding hydrogens is 302 g/mol. The molecule has 0 radical (unpaired) electrons. The fourth-order valence-electron chi connectivity index (χ4n) is 2.66. The Balaban J connectivity index is 1.64. The van der Waals surface area contributed by atoms with Crippen LogP contribution in [0.4, 0.5) is 0 Å². The summed E-state index contributed by atoms with van der Waals surface area (Å²) >= 11 is 1.79. The van der Waals surface area contributed by atoms with Gasteiger partial charge >= 0.3 is 0 Å². The second kappa shape index (κ2) is 8.20. The molecule has 118 valence electrons. The van der Waals surface area contributed by atoms with Gasteiger partial charge in [-0.2, -0.15) is 0 Å². The summed E-state index contributed by atoms with van der Waals surface area (Å²) in [5, 5.41) is 3.64. The molecule has 1 fully saturated rings. The third-order valence-electron chi connectivity index (χ3n) is 3.88. The van der Waals surface area contributed by atoms with E-state index in [-0.39, 0.29) is 0 Å². The minimum Gasteiger partial charge on any atom is -0.314 e. The second-order valence-electron chi connectivity index (χ2n) is 5.73. The third kappa shape index (κ3) is 6.01. The summed E-state index contributed by atoms with van der Waals surface area (Å²) in [7, 11) is -3.08. The molecule has 1 saturated carbocycles. The minimum atomic E-state index is -3.08. The van der Waals surface area contributed by atoms with Gasteiger partial charge in [0.25, 0.3) is 0 Å². The first-order valence-corrected chi connectivity index (χ1v) is 10.6. The van der Waals surface area contributed by atoms with Gasteiger partial charge in [0.2, 0.25) is 0 Å². The smallest absolute Gasteiger partial charge is 0.175 e. The van der Waals surface area contributed by atoms with Gasteiger partial charge in [-0.05, 0) is 55.8 Å². The summed E-state index contributed by atoms with van der Waals surface area (Å²) in [5.74, 6) is 1.07. The molecule has 1 aromatic carbocycles. The number of sulfone groups is 1. The zero-order valence-electron chi connectivity index (χ0n) is 12.7. The van der Waals surface area contributed by atoms with Crippen LogP contribution in [-0.4, -0.2) is 33.0 Å². The molecule has 0 atom stereocenters. The van der Waals surface area contributed by atoms with E-state index in [9.17, 15) is 8.42 Å². The van der Waals surface area contributed by atoms with E-state index < -0.39 is 9.84 Å². The number of hydrogen-bond acceptors (Lipinski definition) is 4. The van der Waals surface area contributed by atoms with Crippen molar-refractivity contribution in [1.82, 2.24) is 5.32 Å². The zero-order chi connectivity index (χ0) is 15.1. The highest BCUT2D eigenvalue weighted by atomic mass is 32.2. The highest BCUT2D eigenvalue weighted by Gasteiger charge is 2.11. The molecule has 21 heavy (non-hydrogen) atoms. The van der Waals surface area contributed by atoms with E-state index in [4.69, 9.17) is 0 Å². The maximum atomic E-state index is 11.4. The van der Waals surface area contributed by atoms with E-state index >= 15 is 0 Å². The Morgan fingerprint density at radius 3 is 2.43 bits per heavy atom. The molecule has 0 unspecified atom stereocenters. The number of nitrogens with one attached hydrogen (secondary N) is 1. The van der Waals surface area contributed by atoms with Crippen molar-refractivity contribution in [1.29, 1.82) is 0 Å². The van der Waals surface area contributed by atoms with Gasteiger partial charge in [-0.15, -0.1) is 11.8 Å². The van der Waals surface area contributed by atoms with E-state index in [1.807, 2.05) is 12.1 Å². The summed E-state index contributed by atoms with van der Waals surface area (Å²) in [6, 6.07) is 7.92. The lowest BCUT2D eigenvalue weighted by molar-refractivity contribution is 0.375. The Morgan fingerprint density at radius 1 is 1.14 bits per heavy atom. The quantitative estimate of drug-likeness (QED) is 0.615. The number of hydrogen-bond donors (Lipinski definition) is 1. The summed E-state index contributed by atoms with van der Waals surface area (Å²) < 4.78 is 22.8. The van der Waals surface area contributed by atoms with E-state index in [1.165, 1.54) is 38.4 Å². The fraction of sp³-hybridized carbons (Fsp3) is 0.625. The molecule has 0 aliphatic heterocycles. The topological polar surface area (TPSA) is 46.2 Å². The molecule has 5 heteroatoms. The summed E-state index contributed by atoms with van der Waals surface area (Å²) in [6.45, 7) is 1.08. The Labute approximate surface area is 132 Å². The highest BCUT2D eigenvalue weighted by molar-refractivity contribution is 7.99. The molecular formula is C16H25NO2S2. The van der Waals surface area contributed by atoms with Crippen LogP contribution in [0.1, 0.15) is 38.5 Å². The highest BCUT2D eigenvalue weighted by Crippen LogP contribution is 2.21. The molecule has 0 saturated heterocycles. The van der Waals surface area contributed by atoms with Gasteiger partial charge in [-0.1, -0.05) is 19.3 Å². The number of benzene rings is 1. The van der Waals surface area contributed by atoms with Crippen molar-refractivity contribution in [2.24, 2.45) is 0 Å². The molecule has 0 heterocycles. The maximum Gasteiger partial charge on any atom is 0.175 e. The normalized spacial score (nSPS) is 17.0. The molecule has 3 nitrogen and oxygen atoms in total. The molecule has 0 bridgehead atoms. The molecule has 1 aliphatic rings. The van der Waals surface area contributed by atoms with Crippen molar-refractivity contribution in [2.75, 3.05) is 18.6 Å². The Hall–Kier alpha value is -0.520. The first kappa shape index (κ1) is 16.8. The van der Waals surface area contributed by atoms with Gasteiger partial charge in [-0.3, -0.25) is 0 Å². The number of thioether (sulfide) groups is 1. The largest absolute Gasteiger partial charge is 0.314 e. The average molecular weight is 328 g/mol. The van der Waals surface area contributed by atoms with Crippen LogP contribution < -0.4 is 5.32 Å². The summed E-state index contributed by atoms with van der Waals surface area (Å²) in [6.07, 6.45) is 9.21. The monoisotopic (exact) mass is 327 g/mol. The van der Waals surface area contributed by atoms with Crippen LogP contribution in [0.15, 0.2) is 34.1 Å².